The van der Waals surface area contributed by atoms with Crippen molar-refractivity contribution in [3.8, 4) is 5.82 Å². The van der Waals surface area contributed by atoms with Gasteiger partial charge in [-0.05, 0) is 31.4 Å². The first kappa shape index (κ1) is 22.2. The van der Waals surface area contributed by atoms with Gasteiger partial charge in [0.2, 0.25) is 0 Å². The average molecular weight is 418 g/mol. The number of ether oxygens (including phenoxy) is 1. The summed E-state index contributed by atoms with van der Waals surface area (Å²) in [6.07, 6.45) is -2.65. The Hall–Kier alpha value is -2.09. The van der Waals surface area contributed by atoms with Crippen LogP contribution in [0, 0.1) is 12.3 Å². The summed E-state index contributed by atoms with van der Waals surface area (Å²) in [5.41, 5.74) is -0.798. The lowest BCUT2D eigenvalue weighted by Gasteiger charge is -2.27. The third kappa shape index (κ3) is 4.32. The van der Waals surface area contributed by atoms with E-state index in [1.807, 2.05) is 6.92 Å². The van der Waals surface area contributed by atoms with Crippen LogP contribution in [0.4, 0.5) is 13.2 Å². The molecule has 2 aromatic heterocycles. The molecule has 0 unspecified atom stereocenters. The highest BCUT2D eigenvalue weighted by Crippen LogP contribution is 2.40. The highest BCUT2D eigenvalue weighted by molar-refractivity contribution is 6.32. The van der Waals surface area contributed by atoms with Crippen molar-refractivity contribution < 1.29 is 22.7 Å². The van der Waals surface area contributed by atoms with Gasteiger partial charge in [0, 0.05) is 12.6 Å². The maximum absolute atomic E-state index is 13.2. The van der Waals surface area contributed by atoms with Crippen molar-refractivity contribution in [2.45, 2.75) is 53.6 Å². The molecule has 2 rings (SSSR count). The van der Waals surface area contributed by atoms with Crippen LogP contribution in [0.25, 0.3) is 5.82 Å². The topological polar surface area (TPSA) is 57.0 Å². The fraction of sp³-hybridized carbons (Fsp3) is 0.526. The second-order valence-electron chi connectivity index (χ2n) is 7.12. The number of halogens is 4. The largest absolute Gasteiger partial charge is 0.461 e. The summed E-state index contributed by atoms with van der Waals surface area (Å²) in [5.74, 6) is 0.285. The molecule has 0 N–H and O–H groups in total. The van der Waals surface area contributed by atoms with Crippen LogP contribution in [0.3, 0.4) is 0 Å². The maximum Gasteiger partial charge on any atom is 0.394 e. The van der Waals surface area contributed by atoms with E-state index in [0.717, 1.165) is 13.8 Å². The number of carbonyl (C=O) groups excluding carboxylic acids is 1. The van der Waals surface area contributed by atoms with Gasteiger partial charge in [0.15, 0.2) is 5.69 Å². The fourth-order valence-corrected chi connectivity index (χ4v) is 3.09. The molecular weight excluding hydrogens is 395 g/mol. The molecule has 0 bridgehead atoms. The highest BCUT2D eigenvalue weighted by Gasteiger charge is 2.47. The Morgan fingerprint density at radius 1 is 1.29 bits per heavy atom. The molecule has 28 heavy (non-hydrogen) atoms. The Kier molecular flexibility index (Phi) is 6.43. The zero-order chi connectivity index (χ0) is 21.3. The van der Waals surface area contributed by atoms with Crippen LogP contribution in [0.2, 0.25) is 5.15 Å². The van der Waals surface area contributed by atoms with Crippen LogP contribution in [0.1, 0.15) is 55.1 Å². The molecule has 0 amide bonds. The van der Waals surface area contributed by atoms with E-state index in [1.165, 1.54) is 10.8 Å². The maximum atomic E-state index is 13.2. The van der Waals surface area contributed by atoms with Gasteiger partial charge in [-0.3, -0.25) is 4.57 Å². The Morgan fingerprint density at radius 3 is 2.43 bits per heavy atom. The van der Waals surface area contributed by atoms with E-state index in [2.05, 4.69) is 9.97 Å². The van der Waals surface area contributed by atoms with Crippen LogP contribution >= 0.6 is 11.6 Å². The predicted molar refractivity (Wildman–Crippen MR) is 100.0 cm³/mol. The van der Waals surface area contributed by atoms with Crippen LogP contribution in [0.5, 0.6) is 0 Å². The third-order valence-electron chi connectivity index (χ3n) is 4.41. The number of esters is 1. The molecule has 2 aromatic rings. The summed E-state index contributed by atoms with van der Waals surface area (Å²) in [4.78, 5) is 20.6. The number of aromatic nitrogens is 3. The van der Waals surface area contributed by atoms with Gasteiger partial charge in [-0.15, -0.1) is 0 Å². The van der Waals surface area contributed by atoms with Gasteiger partial charge in [0.05, 0.1) is 12.0 Å². The quantitative estimate of drug-likeness (QED) is 0.613. The van der Waals surface area contributed by atoms with Crippen LogP contribution in [-0.4, -0.2) is 33.3 Å². The molecule has 0 aromatic carbocycles. The molecule has 154 valence electrons. The first-order chi connectivity index (χ1) is 12.9. The molecule has 0 spiro atoms. The Balaban J connectivity index is 2.46. The van der Waals surface area contributed by atoms with Crippen LogP contribution in [-0.2, 0) is 17.6 Å². The zero-order valence-corrected chi connectivity index (χ0v) is 17.2. The van der Waals surface area contributed by atoms with Gasteiger partial charge in [-0.25, -0.2) is 14.8 Å². The van der Waals surface area contributed by atoms with Gasteiger partial charge in [0.1, 0.15) is 16.8 Å². The molecule has 0 aliphatic heterocycles. The average Bonchev–Trinajstić information content (AvgIpc) is 2.90. The molecular formula is C19H23ClF3N3O2. The molecule has 0 aliphatic rings. The summed E-state index contributed by atoms with van der Waals surface area (Å²) in [6, 6.07) is 1.65. The van der Waals surface area contributed by atoms with Gasteiger partial charge in [-0.2, -0.15) is 13.2 Å². The number of alkyl halides is 3. The number of pyridine rings is 1. The molecule has 0 atom stereocenters. The third-order valence-corrected chi connectivity index (χ3v) is 4.76. The van der Waals surface area contributed by atoms with E-state index in [1.54, 1.807) is 19.9 Å². The Bertz CT molecular complexity index is 876. The monoisotopic (exact) mass is 417 g/mol. The minimum atomic E-state index is -4.32. The van der Waals surface area contributed by atoms with Crippen molar-refractivity contribution in [2.24, 2.45) is 5.41 Å². The first-order valence-electron chi connectivity index (χ1n) is 8.89. The zero-order valence-electron chi connectivity index (χ0n) is 16.4. The van der Waals surface area contributed by atoms with Gasteiger partial charge < -0.3 is 4.74 Å². The molecule has 0 aliphatic carbocycles. The second kappa shape index (κ2) is 8.11. The molecule has 9 heteroatoms. The number of imidazole rings is 1. The van der Waals surface area contributed by atoms with Crippen molar-refractivity contribution in [3.05, 3.63) is 40.1 Å². The summed E-state index contributed by atoms with van der Waals surface area (Å²) in [7, 11) is 0. The summed E-state index contributed by atoms with van der Waals surface area (Å²) in [5, 5.41) is 0.0641. The molecule has 5 nitrogen and oxygen atoms in total. The predicted octanol–water partition coefficient (Wildman–Crippen LogP) is 5.10. The summed E-state index contributed by atoms with van der Waals surface area (Å²) in [6.45, 7) is 7.75. The van der Waals surface area contributed by atoms with Crippen molar-refractivity contribution in [1.82, 2.24) is 14.5 Å². The Labute approximate surface area is 166 Å². The Morgan fingerprint density at radius 2 is 1.93 bits per heavy atom. The fourth-order valence-electron chi connectivity index (χ4n) is 2.79. The van der Waals surface area contributed by atoms with Crippen molar-refractivity contribution in [1.29, 1.82) is 0 Å². The standard InChI is InChI=1S/C19H23ClF3N3O2/c1-6-13-25-14(17(27)28-7-2)15(20)26(13)16-11(3)8-12(10-24-16)9-18(4,5)19(21,22)23/h8,10H,6-7,9H2,1-5H3. The smallest absolute Gasteiger partial charge is 0.394 e. The lowest BCUT2D eigenvalue weighted by Crippen LogP contribution is -2.34. The lowest BCUT2D eigenvalue weighted by molar-refractivity contribution is -0.211. The highest BCUT2D eigenvalue weighted by atomic mass is 35.5. The number of hydrogen-bond acceptors (Lipinski definition) is 4. The summed E-state index contributed by atoms with van der Waals surface area (Å²) < 4.78 is 46.0. The van der Waals surface area contributed by atoms with E-state index in [0.29, 0.717) is 29.2 Å². The number of nitrogens with zero attached hydrogens (tertiary/aromatic N) is 3. The number of carbonyl (C=O) groups is 1. The van der Waals surface area contributed by atoms with E-state index >= 15 is 0 Å². The van der Waals surface area contributed by atoms with Crippen LogP contribution in [0.15, 0.2) is 12.3 Å². The van der Waals surface area contributed by atoms with E-state index in [4.69, 9.17) is 16.3 Å². The van der Waals surface area contributed by atoms with Gasteiger partial charge in [0.25, 0.3) is 0 Å². The minimum absolute atomic E-state index is 0.0103. The molecule has 2 heterocycles. The molecule has 0 saturated carbocycles. The van der Waals surface area contributed by atoms with E-state index < -0.39 is 17.6 Å². The van der Waals surface area contributed by atoms with Crippen molar-refractivity contribution >= 4 is 17.6 Å². The van der Waals surface area contributed by atoms with Gasteiger partial charge in [-0.1, -0.05) is 38.4 Å². The summed E-state index contributed by atoms with van der Waals surface area (Å²) >= 11 is 6.36. The number of aryl methyl sites for hydroxylation is 2. The minimum Gasteiger partial charge on any atom is -0.461 e. The first-order valence-corrected chi connectivity index (χ1v) is 9.27. The number of rotatable bonds is 6. The van der Waals surface area contributed by atoms with Crippen molar-refractivity contribution in [3.63, 3.8) is 0 Å². The second-order valence-corrected chi connectivity index (χ2v) is 7.48. The molecule has 0 radical (unpaired) electrons. The lowest BCUT2D eigenvalue weighted by atomic mass is 9.85. The molecule has 0 fully saturated rings. The molecule has 0 saturated heterocycles. The van der Waals surface area contributed by atoms with E-state index in [9.17, 15) is 18.0 Å². The van der Waals surface area contributed by atoms with Crippen molar-refractivity contribution in [2.75, 3.05) is 6.61 Å². The number of hydrogen-bond donors (Lipinski definition) is 0. The SMILES string of the molecule is CCOC(=O)c1nc(CC)n(-c2ncc(CC(C)(C)C(F)(F)F)cc2C)c1Cl. The van der Waals surface area contributed by atoms with Crippen LogP contribution < -0.4 is 0 Å². The van der Waals surface area contributed by atoms with Gasteiger partial charge >= 0.3 is 12.1 Å². The van der Waals surface area contributed by atoms with E-state index in [-0.39, 0.29) is 23.9 Å². The normalized spacial score (nSPS) is 12.3.